The monoisotopic (exact) mass is 536 g/mol. The Morgan fingerprint density at radius 2 is 1.79 bits per heavy atom. The second-order valence-corrected chi connectivity index (χ2v) is 8.23. The SMILES string of the molecule is C1=Cc2ccccc2NN=C1.NOc1ccccc1O.Nc1ncnc2c1ncn2[C@@H]1O[C@H](CO)[C@@H](O)[C@H]1O. The highest BCUT2D eigenvalue weighted by Crippen LogP contribution is 2.31. The summed E-state index contributed by atoms with van der Waals surface area (Å²) in [6, 6.07) is 14.5. The standard InChI is InChI=1S/C10H13N5O4.C9H8N2.C6H7NO2/c11-8-5-9(13-2-12-8)15(3-14-5)10-7(18)6(17)4(1-16)19-10;1-2-6-9-8(4-1)5-3-7-10-11-9;7-9-6-4-2-1-3-5(6)8/h2-4,6-7,10,16-18H,1H2,(H2,11,12,13);1-7,11H;1-4,8H,7H2/t4-,6-,7-,10-;;/m1../s1. The summed E-state index contributed by atoms with van der Waals surface area (Å²) in [4.78, 5) is 16.2. The second-order valence-electron chi connectivity index (χ2n) is 8.23. The molecule has 2 aromatic heterocycles. The van der Waals surface area contributed by atoms with Gasteiger partial charge in [-0.05, 0) is 29.8 Å². The third-order valence-corrected chi connectivity index (χ3v) is 5.75. The number of rotatable bonds is 3. The molecule has 2 aliphatic rings. The number of imidazole rings is 1. The number of ether oxygens (including phenoxy) is 1. The number of hydrogen-bond donors (Lipinski definition) is 7. The van der Waals surface area contributed by atoms with Crippen molar-refractivity contribution in [3.8, 4) is 11.5 Å². The van der Waals surface area contributed by atoms with Crippen LogP contribution in [0, 0.1) is 0 Å². The number of aliphatic hydroxyl groups excluding tert-OH is 3. The van der Waals surface area contributed by atoms with Gasteiger partial charge in [-0.15, -0.1) is 0 Å². The van der Waals surface area contributed by atoms with E-state index in [0.29, 0.717) is 11.2 Å². The molecule has 0 spiro atoms. The van der Waals surface area contributed by atoms with Crippen LogP contribution in [-0.4, -0.2) is 71.1 Å². The van der Waals surface area contributed by atoms with Gasteiger partial charge in [0, 0.05) is 6.21 Å². The van der Waals surface area contributed by atoms with E-state index in [1.807, 2.05) is 36.4 Å². The van der Waals surface area contributed by atoms with Gasteiger partial charge in [0.1, 0.15) is 30.2 Å². The Hall–Kier alpha value is -4.60. The van der Waals surface area contributed by atoms with E-state index in [9.17, 15) is 10.2 Å². The summed E-state index contributed by atoms with van der Waals surface area (Å²) in [6.07, 6.45) is 4.26. The van der Waals surface area contributed by atoms with Crippen LogP contribution in [0.2, 0.25) is 0 Å². The summed E-state index contributed by atoms with van der Waals surface area (Å²) in [5, 5.41) is 41.6. The zero-order valence-corrected chi connectivity index (χ0v) is 20.5. The molecule has 0 unspecified atom stereocenters. The van der Waals surface area contributed by atoms with Crippen molar-refractivity contribution in [2.24, 2.45) is 11.0 Å². The van der Waals surface area contributed by atoms with E-state index < -0.39 is 31.1 Å². The lowest BCUT2D eigenvalue weighted by atomic mass is 10.1. The number of nitrogens with zero attached hydrogens (tertiary/aromatic N) is 5. The number of aromatic nitrogens is 4. The van der Waals surface area contributed by atoms with Gasteiger partial charge in [0.05, 0.1) is 18.6 Å². The molecule has 4 aromatic rings. The number of nitrogen functional groups attached to an aromatic ring is 1. The van der Waals surface area contributed by atoms with E-state index in [1.165, 1.54) is 28.9 Å². The smallest absolute Gasteiger partial charge is 0.188 e. The lowest BCUT2D eigenvalue weighted by molar-refractivity contribution is -0.0511. The number of aromatic hydroxyl groups is 1. The molecule has 1 saturated heterocycles. The van der Waals surface area contributed by atoms with Crippen LogP contribution >= 0.6 is 0 Å². The summed E-state index contributed by atoms with van der Waals surface area (Å²) in [7, 11) is 0. The minimum atomic E-state index is -1.19. The first kappa shape index (κ1) is 27.4. The zero-order valence-electron chi connectivity index (χ0n) is 20.5. The predicted molar refractivity (Wildman–Crippen MR) is 143 cm³/mol. The van der Waals surface area contributed by atoms with Crippen LogP contribution in [0.15, 0.2) is 72.4 Å². The van der Waals surface area contributed by atoms with Crippen LogP contribution < -0.4 is 21.9 Å². The molecule has 204 valence electrons. The predicted octanol–water partition coefficient (Wildman–Crippen LogP) is 0.776. The van der Waals surface area contributed by atoms with Crippen molar-refractivity contribution in [1.29, 1.82) is 0 Å². The molecule has 14 heteroatoms. The lowest BCUT2D eigenvalue weighted by Crippen LogP contribution is -2.33. The lowest BCUT2D eigenvalue weighted by Gasteiger charge is -2.16. The number of aliphatic hydroxyl groups is 3. The molecule has 39 heavy (non-hydrogen) atoms. The van der Waals surface area contributed by atoms with E-state index in [0.717, 1.165) is 5.69 Å². The number of anilines is 2. The normalized spacial score (nSPS) is 21.0. The summed E-state index contributed by atoms with van der Waals surface area (Å²) >= 11 is 0. The van der Waals surface area contributed by atoms with Crippen molar-refractivity contribution >= 4 is 35.0 Å². The maximum atomic E-state index is 9.95. The first-order valence-corrected chi connectivity index (χ1v) is 11.7. The van der Waals surface area contributed by atoms with Gasteiger partial charge in [0.2, 0.25) is 0 Å². The summed E-state index contributed by atoms with van der Waals surface area (Å²) in [5.41, 5.74) is 11.6. The Balaban J connectivity index is 0.000000149. The molecule has 9 N–H and O–H groups in total. The zero-order chi connectivity index (χ0) is 27.8. The van der Waals surface area contributed by atoms with Crippen molar-refractivity contribution in [2.75, 3.05) is 17.8 Å². The van der Waals surface area contributed by atoms with Crippen LogP contribution in [0.1, 0.15) is 11.8 Å². The minimum Gasteiger partial charge on any atom is -0.504 e. The summed E-state index contributed by atoms with van der Waals surface area (Å²) in [6.45, 7) is -0.390. The number of phenolic OH excluding ortho intramolecular Hbond substituents is 1. The fraction of sp³-hybridized carbons (Fsp3) is 0.200. The topological polar surface area (TPSA) is 219 Å². The van der Waals surface area contributed by atoms with Crippen molar-refractivity contribution in [3.63, 3.8) is 0 Å². The number of nitrogens with one attached hydrogen (secondary N) is 1. The third kappa shape index (κ3) is 6.28. The van der Waals surface area contributed by atoms with Crippen molar-refractivity contribution in [2.45, 2.75) is 24.5 Å². The first-order chi connectivity index (χ1) is 18.9. The highest BCUT2D eigenvalue weighted by atomic mass is 16.6. The van der Waals surface area contributed by atoms with E-state index in [-0.39, 0.29) is 17.3 Å². The van der Waals surface area contributed by atoms with Gasteiger partial charge in [-0.25, -0.2) is 15.0 Å². The number of allylic oxidation sites excluding steroid dienone is 1. The molecule has 2 aliphatic heterocycles. The van der Waals surface area contributed by atoms with Crippen LogP contribution in [0.3, 0.4) is 0 Å². The fourth-order valence-corrected chi connectivity index (χ4v) is 3.76. The molecule has 4 atom stereocenters. The maximum absolute atomic E-state index is 9.95. The molecule has 1 fully saturated rings. The second kappa shape index (κ2) is 12.8. The molecule has 0 bridgehead atoms. The maximum Gasteiger partial charge on any atom is 0.188 e. The quantitative estimate of drug-likeness (QED) is 0.181. The molecule has 0 amide bonds. The van der Waals surface area contributed by atoms with Gasteiger partial charge in [-0.1, -0.05) is 36.4 Å². The van der Waals surface area contributed by atoms with Crippen LogP contribution in [0.4, 0.5) is 11.5 Å². The van der Waals surface area contributed by atoms with Gasteiger partial charge in [0.25, 0.3) is 0 Å². The number of fused-ring (bicyclic) bond motifs is 2. The van der Waals surface area contributed by atoms with E-state index in [1.54, 1.807) is 24.4 Å². The molecule has 6 rings (SSSR count). The number of para-hydroxylation sites is 3. The fourth-order valence-electron chi connectivity index (χ4n) is 3.76. The molecule has 14 nitrogen and oxygen atoms in total. The van der Waals surface area contributed by atoms with Crippen molar-refractivity contribution in [3.05, 3.63) is 72.8 Å². The van der Waals surface area contributed by atoms with E-state index in [2.05, 4.69) is 30.3 Å². The summed E-state index contributed by atoms with van der Waals surface area (Å²) < 4.78 is 6.85. The Labute approximate surface area is 222 Å². The number of hydrogen-bond acceptors (Lipinski definition) is 13. The number of nitrogens with two attached hydrogens (primary N) is 2. The van der Waals surface area contributed by atoms with Gasteiger partial charge in [0.15, 0.2) is 29.2 Å². The third-order valence-electron chi connectivity index (χ3n) is 5.75. The van der Waals surface area contributed by atoms with Gasteiger partial charge >= 0.3 is 0 Å². The van der Waals surface area contributed by atoms with Crippen LogP contribution in [0.5, 0.6) is 11.5 Å². The molecule has 0 saturated carbocycles. The van der Waals surface area contributed by atoms with Crippen molar-refractivity contribution in [1.82, 2.24) is 19.5 Å². The number of hydrazone groups is 1. The van der Waals surface area contributed by atoms with Crippen LogP contribution in [-0.2, 0) is 4.74 Å². The Bertz CT molecular complexity index is 1450. The van der Waals surface area contributed by atoms with E-state index >= 15 is 0 Å². The summed E-state index contributed by atoms with van der Waals surface area (Å²) in [5.74, 6) is 5.35. The van der Waals surface area contributed by atoms with Gasteiger partial charge in [-0.2, -0.15) is 11.0 Å². The molecule has 4 heterocycles. The number of benzene rings is 2. The molecule has 0 radical (unpaired) electrons. The molecule has 2 aromatic carbocycles. The Kier molecular flexibility index (Phi) is 8.98. The Morgan fingerprint density at radius 3 is 2.51 bits per heavy atom. The first-order valence-electron chi connectivity index (χ1n) is 11.7. The highest BCUT2D eigenvalue weighted by molar-refractivity contribution is 5.84. The average Bonchev–Trinajstić information content (AvgIpc) is 3.40. The van der Waals surface area contributed by atoms with Crippen LogP contribution in [0.25, 0.3) is 17.2 Å². The highest BCUT2D eigenvalue weighted by Gasteiger charge is 2.43. The largest absolute Gasteiger partial charge is 0.504 e. The molecule has 0 aliphatic carbocycles. The van der Waals surface area contributed by atoms with E-state index in [4.69, 9.17) is 26.6 Å². The van der Waals surface area contributed by atoms with Gasteiger partial charge < -0.3 is 35.7 Å². The van der Waals surface area contributed by atoms with Gasteiger partial charge in [-0.3, -0.25) is 9.99 Å². The number of phenols is 1. The molecular formula is C25H28N8O6. The minimum absolute atomic E-state index is 0.0556. The average molecular weight is 537 g/mol. The van der Waals surface area contributed by atoms with Crippen molar-refractivity contribution < 1.29 is 30.0 Å². The molecular weight excluding hydrogens is 508 g/mol. The Morgan fingerprint density at radius 1 is 1.03 bits per heavy atom.